The molecule has 5 nitrogen and oxygen atoms in total. The van der Waals surface area contributed by atoms with Crippen molar-refractivity contribution in [1.29, 1.82) is 0 Å². The van der Waals surface area contributed by atoms with E-state index in [1.54, 1.807) is 7.11 Å². The number of hydrogen-bond donors (Lipinski definition) is 0. The number of aromatic nitrogens is 3. The molecule has 0 spiro atoms. The van der Waals surface area contributed by atoms with Gasteiger partial charge >= 0.3 is 0 Å². The molecule has 0 atom stereocenters. The van der Waals surface area contributed by atoms with Crippen molar-refractivity contribution in [3.63, 3.8) is 0 Å². The van der Waals surface area contributed by atoms with Gasteiger partial charge in [-0.1, -0.05) is 17.8 Å². The van der Waals surface area contributed by atoms with Crippen LogP contribution in [0.4, 0.5) is 0 Å². The van der Waals surface area contributed by atoms with Crippen molar-refractivity contribution in [2.75, 3.05) is 12.9 Å². The lowest BCUT2D eigenvalue weighted by atomic mass is 9.48. The largest absolute Gasteiger partial charge is 0.497 e. The van der Waals surface area contributed by atoms with E-state index < -0.39 is 0 Å². The fraction of sp³-hybridized carbons (Fsp3) is 0.542. The van der Waals surface area contributed by atoms with Gasteiger partial charge in [0.05, 0.1) is 12.9 Å². The van der Waals surface area contributed by atoms with Crippen LogP contribution in [0.25, 0.3) is 11.4 Å². The Morgan fingerprint density at radius 1 is 1.17 bits per heavy atom. The van der Waals surface area contributed by atoms with Crippen LogP contribution in [0.15, 0.2) is 42.1 Å². The lowest BCUT2D eigenvalue weighted by Crippen LogP contribution is -2.50. The average molecular weight is 424 g/mol. The summed E-state index contributed by atoms with van der Waals surface area (Å²) >= 11 is 1.53. The summed E-state index contributed by atoms with van der Waals surface area (Å²) < 4.78 is 7.30. The molecular formula is C24H29N3O2S. The first-order valence-electron chi connectivity index (χ1n) is 10.9. The Labute approximate surface area is 182 Å². The number of benzene rings is 1. The zero-order valence-electron chi connectivity index (χ0n) is 17.5. The van der Waals surface area contributed by atoms with Crippen molar-refractivity contribution >= 4 is 17.5 Å². The highest BCUT2D eigenvalue weighted by molar-refractivity contribution is 7.99. The number of hydrogen-bond acceptors (Lipinski definition) is 5. The van der Waals surface area contributed by atoms with Gasteiger partial charge < -0.3 is 4.74 Å². The van der Waals surface area contributed by atoms with Gasteiger partial charge in [0.1, 0.15) is 11.5 Å². The van der Waals surface area contributed by atoms with Gasteiger partial charge in [-0.25, -0.2) is 0 Å². The molecule has 0 amide bonds. The van der Waals surface area contributed by atoms with Crippen molar-refractivity contribution in [2.45, 2.75) is 50.2 Å². The van der Waals surface area contributed by atoms with E-state index in [-0.39, 0.29) is 5.41 Å². The van der Waals surface area contributed by atoms with Crippen LogP contribution >= 0.6 is 11.8 Å². The second kappa shape index (κ2) is 7.88. The summed E-state index contributed by atoms with van der Waals surface area (Å²) in [5.41, 5.74) is 0.925. The van der Waals surface area contributed by atoms with Crippen LogP contribution in [0.5, 0.6) is 5.75 Å². The molecule has 4 bridgehead atoms. The zero-order chi connectivity index (χ0) is 20.7. The summed E-state index contributed by atoms with van der Waals surface area (Å²) in [7, 11) is 1.66. The fourth-order valence-electron chi connectivity index (χ4n) is 6.38. The van der Waals surface area contributed by atoms with Crippen molar-refractivity contribution in [3.8, 4) is 17.1 Å². The van der Waals surface area contributed by atoms with Crippen LogP contribution < -0.4 is 4.74 Å². The third-order valence-electron chi connectivity index (χ3n) is 7.34. The normalized spacial score (nSPS) is 29.2. The molecular weight excluding hydrogens is 394 g/mol. The number of ether oxygens (including phenoxy) is 1. The van der Waals surface area contributed by atoms with Crippen molar-refractivity contribution in [2.24, 2.45) is 23.2 Å². The molecule has 0 unspecified atom stereocenters. The minimum atomic E-state index is -0.0517. The molecule has 0 aliphatic heterocycles. The predicted octanol–water partition coefficient (Wildman–Crippen LogP) is 5.02. The van der Waals surface area contributed by atoms with Crippen molar-refractivity contribution in [3.05, 3.63) is 36.9 Å². The minimum absolute atomic E-state index is 0.0517. The number of methoxy groups -OCH3 is 1. The number of Topliss-reactive ketones (excluding diaryl/α,β-unsaturated/α-hetero) is 1. The Bertz CT molecular complexity index is 915. The first kappa shape index (κ1) is 19.9. The molecule has 30 heavy (non-hydrogen) atoms. The van der Waals surface area contributed by atoms with Gasteiger partial charge in [-0.2, -0.15) is 0 Å². The maximum Gasteiger partial charge on any atom is 0.192 e. The molecule has 0 saturated heterocycles. The van der Waals surface area contributed by atoms with Gasteiger partial charge in [-0.3, -0.25) is 9.36 Å². The Morgan fingerprint density at radius 3 is 2.37 bits per heavy atom. The van der Waals surface area contributed by atoms with Gasteiger partial charge in [-0.05, 0) is 80.5 Å². The van der Waals surface area contributed by atoms with E-state index in [0.717, 1.165) is 59.3 Å². The van der Waals surface area contributed by atoms with E-state index in [1.807, 2.05) is 34.9 Å². The predicted molar refractivity (Wildman–Crippen MR) is 119 cm³/mol. The number of allylic oxidation sites excluding steroid dienone is 1. The third kappa shape index (κ3) is 3.49. The molecule has 1 heterocycles. The quantitative estimate of drug-likeness (QED) is 0.441. The summed E-state index contributed by atoms with van der Waals surface area (Å²) in [5, 5.41) is 9.63. The number of ketones is 1. The van der Waals surface area contributed by atoms with Gasteiger partial charge in [0.25, 0.3) is 0 Å². The molecule has 1 aromatic heterocycles. The summed E-state index contributed by atoms with van der Waals surface area (Å²) in [6.07, 6.45) is 9.29. The van der Waals surface area contributed by atoms with E-state index in [1.165, 1.54) is 31.0 Å². The Kier molecular flexibility index (Phi) is 5.21. The zero-order valence-corrected chi connectivity index (χ0v) is 18.4. The lowest BCUT2D eigenvalue weighted by molar-refractivity contribution is -0.141. The molecule has 4 aliphatic carbocycles. The maximum absolute atomic E-state index is 13.4. The molecule has 4 aliphatic rings. The number of carbonyl (C=O) groups excluding carboxylic acids is 1. The number of nitrogens with zero attached hydrogens (tertiary/aromatic N) is 3. The minimum Gasteiger partial charge on any atom is -0.497 e. The van der Waals surface area contributed by atoms with E-state index in [4.69, 9.17) is 4.74 Å². The third-order valence-corrected chi connectivity index (χ3v) is 8.31. The highest BCUT2D eigenvalue weighted by Gasteiger charge is 2.54. The van der Waals surface area contributed by atoms with E-state index in [9.17, 15) is 4.79 Å². The number of thioether (sulfide) groups is 1. The summed E-state index contributed by atoms with van der Waals surface area (Å²) in [6, 6.07) is 7.81. The first-order chi connectivity index (χ1) is 14.6. The van der Waals surface area contributed by atoms with Crippen LogP contribution in [0, 0.1) is 23.2 Å². The van der Waals surface area contributed by atoms with Crippen LogP contribution in [0.2, 0.25) is 0 Å². The van der Waals surface area contributed by atoms with Gasteiger partial charge in [-0.15, -0.1) is 16.8 Å². The van der Waals surface area contributed by atoms with E-state index in [0.29, 0.717) is 18.1 Å². The topological polar surface area (TPSA) is 57.0 Å². The highest BCUT2D eigenvalue weighted by atomic mass is 32.2. The molecule has 0 radical (unpaired) electrons. The second-order valence-electron chi connectivity index (χ2n) is 9.34. The monoisotopic (exact) mass is 423 g/mol. The fourth-order valence-corrected chi connectivity index (χ4v) is 7.36. The Hall–Kier alpha value is -2.08. The van der Waals surface area contributed by atoms with Crippen LogP contribution in [-0.2, 0) is 11.3 Å². The maximum atomic E-state index is 13.4. The van der Waals surface area contributed by atoms with Crippen molar-refractivity contribution in [1.82, 2.24) is 14.8 Å². The van der Waals surface area contributed by atoms with Gasteiger partial charge in [0.15, 0.2) is 11.0 Å². The van der Waals surface area contributed by atoms with E-state index >= 15 is 0 Å². The summed E-state index contributed by atoms with van der Waals surface area (Å²) in [6.45, 7) is 4.50. The smallest absolute Gasteiger partial charge is 0.192 e. The van der Waals surface area contributed by atoms with E-state index in [2.05, 4.69) is 16.8 Å². The second-order valence-corrected chi connectivity index (χ2v) is 10.3. The molecule has 6 heteroatoms. The molecule has 6 rings (SSSR count). The Balaban J connectivity index is 1.33. The molecule has 4 saturated carbocycles. The van der Waals surface area contributed by atoms with Gasteiger partial charge in [0, 0.05) is 17.5 Å². The molecule has 158 valence electrons. The highest BCUT2D eigenvalue weighted by Crippen LogP contribution is 2.60. The summed E-state index contributed by atoms with van der Waals surface area (Å²) in [4.78, 5) is 13.4. The lowest BCUT2D eigenvalue weighted by Gasteiger charge is -2.56. The van der Waals surface area contributed by atoms with Crippen molar-refractivity contribution < 1.29 is 9.53 Å². The Morgan fingerprint density at radius 2 is 1.80 bits per heavy atom. The number of carbonyl (C=O) groups is 1. The van der Waals surface area contributed by atoms with Gasteiger partial charge in [0.2, 0.25) is 0 Å². The number of rotatable bonds is 8. The molecule has 0 N–H and O–H groups in total. The standard InChI is InChI=1S/C24H29N3O2S/c1-3-8-27-22(19-4-6-20(29-2)7-5-19)25-26-23(27)30-15-21(28)24-12-16-9-17(13-24)11-18(10-16)14-24/h3-7,16-18H,1,8-15H2,2H3. The molecule has 4 fully saturated rings. The first-order valence-corrected chi connectivity index (χ1v) is 11.9. The summed E-state index contributed by atoms with van der Waals surface area (Å²) in [5.74, 6) is 4.89. The molecule has 1 aromatic carbocycles. The van der Waals surface area contributed by atoms with Crippen LogP contribution in [-0.4, -0.2) is 33.4 Å². The average Bonchev–Trinajstić information content (AvgIpc) is 3.14. The molecule has 2 aromatic rings. The SMILES string of the molecule is C=CCn1c(SCC(=O)C23CC4CC(CC(C4)C2)C3)nnc1-c1ccc(OC)cc1. The van der Waals surface area contributed by atoms with Crippen LogP contribution in [0.3, 0.4) is 0 Å². The van der Waals surface area contributed by atoms with Crippen LogP contribution in [0.1, 0.15) is 38.5 Å².